The molecular weight excluding hydrogens is 256 g/mol. The summed E-state index contributed by atoms with van der Waals surface area (Å²) in [5.74, 6) is 0. The molecule has 2 aromatic rings. The van der Waals surface area contributed by atoms with Gasteiger partial charge >= 0.3 is 0 Å². The molecule has 1 N–H and O–H groups in total. The van der Waals surface area contributed by atoms with Crippen LogP contribution in [0.3, 0.4) is 0 Å². The van der Waals surface area contributed by atoms with Crippen molar-refractivity contribution in [2.24, 2.45) is 0 Å². The van der Waals surface area contributed by atoms with Gasteiger partial charge in [0, 0.05) is 17.2 Å². The summed E-state index contributed by atoms with van der Waals surface area (Å²) in [6.07, 6.45) is 3.58. The zero-order valence-corrected chi connectivity index (χ0v) is 9.68. The smallest absolute Gasteiger partial charge is 0.0953 e. The van der Waals surface area contributed by atoms with Crippen LogP contribution in [0.5, 0.6) is 0 Å². The molecule has 0 spiro atoms. The number of benzene rings is 1. The van der Waals surface area contributed by atoms with Crippen LogP contribution < -0.4 is 0 Å². The van der Waals surface area contributed by atoms with Crippen LogP contribution in [-0.4, -0.2) is 14.7 Å². The van der Waals surface area contributed by atoms with Gasteiger partial charge in [-0.25, -0.2) is 4.98 Å². The highest BCUT2D eigenvalue weighted by Crippen LogP contribution is 2.11. The second kappa shape index (κ2) is 4.59. The van der Waals surface area contributed by atoms with Crippen molar-refractivity contribution in [3.05, 3.63) is 52.5 Å². The Morgan fingerprint density at radius 1 is 1.27 bits per heavy atom. The summed E-state index contributed by atoms with van der Waals surface area (Å²) in [7, 11) is 0. The summed E-state index contributed by atoms with van der Waals surface area (Å²) in [6, 6.07) is 8.14. The molecule has 0 atom stereocenters. The maximum atomic E-state index is 8.87. The van der Waals surface area contributed by atoms with Gasteiger partial charge in [-0.3, -0.25) is 0 Å². The quantitative estimate of drug-likeness (QED) is 0.925. The fourth-order valence-corrected chi connectivity index (χ4v) is 1.64. The average molecular weight is 267 g/mol. The van der Waals surface area contributed by atoms with E-state index in [4.69, 9.17) is 5.11 Å². The normalized spacial score (nSPS) is 10.5. The van der Waals surface area contributed by atoms with Crippen molar-refractivity contribution in [2.75, 3.05) is 0 Å². The van der Waals surface area contributed by atoms with Gasteiger partial charge in [-0.2, -0.15) is 0 Å². The van der Waals surface area contributed by atoms with Crippen LogP contribution in [0.1, 0.15) is 11.3 Å². The first-order valence-electron chi connectivity index (χ1n) is 4.64. The first-order valence-corrected chi connectivity index (χ1v) is 5.43. The molecule has 1 aromatic carbocycles. The average Bonchev–Trinajstić information content (AvgIpc) is 2.69. The van der Waals surface area contributed by atoms with Gasteiger partial charge in [0.2, 0.25) is 0 Å². The van der Waals surface area contributed by atoms with Gasteiger partial charge in [-0.05, 0) is 17.7 Å². The predicted octanol–water partition coefficient (Wildman–Crippen LogP) is 2.19. The number of rotatable bonds is 3. The van der Waals surface area contributed by atoms with Gasteiger partial charge in [0.25, 0.3) is 0 Å². The lowest BCUT2D eigenvalue weighted by atomic mass is 10.2. The molecule has 15 heavy (non-hydrogen) atoms. The lowest BCUT2D eigenvalue weighted by molar-refractivity contribution is 0.277. The maximum absolute atomic E-state index is 8.87. The van der Waals surface area contributed by atoms with Crippen molar-refractivity contribution in [1.29, 1.82) is 0 Å². The zero-order valence-electron chi connectivity index (χ0n) is 8.10. The van der Waals surface area contributed by atoms with E-state index in [-0.39, 0.29) is 6.61 Å². The van der Waals surface area contributed by atoms with Crippen LogP contribution in [0.2, 0.25) is 0 Å². The third-order valence-corrected chi connectivity index (χ3v) is 2.66. The molecule has 0 aliphatic heterocycles. The summed E-state index contributed by atoms with van der Waals surface area (Å²) < 4.78 is 3.03. The minimum absolute atomic E-state index is 0.00661. The molecule has 0 fully saturated rings. The Hall–Kier alpha value is -1.13. The van der Waals surface area contributed by atoms with E-state index in [0.717, 1.165) is 11.0 Å². The van der Waals surface area contributed by atoms with Crippen LogP contribution in [0.25, 0.3) is 0 Å². The van der Waals surface area contributed by atoms with E-state index in [1.54, 1.807) is 6.33 Å². The molecule has 0 aliphatic rings. The molecule has 1 aromatic heterocycles. The van der Waals surface area contributed by atoms with E-state index in [0.29, 0.717) is 5.69 Å². The van der Waals surface area contributed by atoms with Gasteiger partial charge in [0.05, 0.1) is 18.6 Å². The Morgan fingerprint density at radius 3 is 2.60 bits per heavy atom. The number of hydrogen-bond acceptors (Lipinski definition) is 2. The molecule has 0 saturated carbocycles. The first kappa shape index (κ1) is 10.4. The number of imidazole rings is 1. The van der Waals surface area contributed by atoms with Crippen molar-refractivity contribution < 1.29 is 5.11 Å². The highest BCUT2D eigenvalue weighted by molar-refractivity contribution is 9.10. The standard InChI is InChI=1S/C11H11BrN2O/c12-10-3-1-9(2-4-10)5-14-6-11(7-15)13-8-14/h1-4,6,8,15H,5,7H2. The molecule has 0 radical (unpaired) electrons. The lowest BCUT2D eigenvalue weighted by Gasteiger charge is -2.01. The van der Waals surface area contributed by atoms with Gasteiger partial charge in [0.1, 0.15) is 0 Å². The largest absolute Gasteiger partial charge is 0.390 e. The molecular formula is C11H11BrN2O. The minimum Gasteiger partial charge on any atom is -0.390 e. The Labute approximate surface area is 96.5 Å². The summed E-state index contributed by atoms with van der Waals surface area (Å²) in [6.45, 7) is 0.771. The van der Waals surface area contributed by atoms with Crippen LogP contribution in [0.4, 0.5) is 0 Å². The highest BCUT2D eigenvalue weighted by Gasteiger charge is 1.98. The maximum Gasteiger partial charge on any atom is 0.0953 e. The van der Waals surface area contributed by atoms with Crippen molar-refractivity contribution in [3.63, 3.8) is 0 Å². The van der Waals surface area contributed by atoms with E-state index >= 15 is 0 Å². The SMILES string of the molecule is OCc1cn(Cc2ccc(Br)cc2)cn1. The summed E-state index contributed by atoms with van der Waals surface area (Å²) >= 11 is 3.39. The molecule has 0 unspecified atom stereocenters. The van der Waals surface area contributed by atoms with Gasteiger partial charge in [-0.15, -0.1) is 0 Å². The van der Waals surface area contributed by atoms with E-state index < -0.39 is 0 Å². The summed E-state index contributed by atoms with van der Waals surface area (Å²) in [5.41, 5.74) is 1.91. The van der Waals surface area contributed by atoms with Gasteiger partial charge < -0.3 is 9.67 Å². The zero-order chi connectivity index (χ0) is 10.7. The molecule has 0 aliphatic carbocycles. The number of aliphatic hydroxyl groups is 1. The van der Waals surface area contributed by atoms with Crippen LogP contribution >= 0.6 is 15.9 Å². The Bertz CT molecular complexity index is 436. The topological polar surface area (TPSA) is 38.0 Å². The Balaban J connectivity index is 2.11. The van der Waals surface area contributed by atoms with E-state index in [1.807, 2.05) is 22.9 Å². The van der Waals surface area contributed by atoms with Crippen molar-refractivity contribution in [1.82, 2.24) is 9.55 Å². The van der Waals surface area contributed by atoms with E-state index in [1.165, 1.54) is 5.56 Å². The minimum atomic E-state index is -0.00661. The molecule has 2 rings (SSSR count). The highest BCUT2D eigenvalue weighted by atomic mass is 79.9. The monoisotopic (exact) mass is 266 g/mol. The molecule has 4 heteroatoms. The molecule has 3 nitrogen and oxygen atoms in total. The van der Waals surface area contributed by atoms with Crippen molar-refractivity contribution in [3.8, 4) is 0 Å². The summed E-state index contributed by atoms with van der Waals surface area (Å²) in [5, 5.41) is 8.87. The molecule has 0 bridgehead atoms. The van der Waals surface area contributed by atoms with E-state index in [9.17, 15) is 0 Å². The third-order valence-electron chi connectivity index (χ3n) is 2.13. The second-order valence-corrected chi connectivity index (χ2v) is 4.24. The van der Waals surface area contributed by atoms with Crippen molar-refractivity contribution in [2.45, 2.75) is 13.2 Å². The predicted molar refractivity (Wildman–Crippen MR) is 61.4 cm³/mol. The first-order chi connectivity index (χ1) is 7.28. The number of aromatic nitrogens is 2. The lowest BCUT2D eigenvalue weighted by Crippen LogP contribution is -1.95. The molecule has 0 amide bonds. The van der Waals surface area contributed by atoms with Gasteiger partial charge in [0.15, 0.2) is 0 Å². The van der Waals surface area contributed by atoms with Crippen molar-refractivity contribution >= 4 is 15.9 Å². The van der Waals surface area contributed by atoms with Crippen LogP contribution in [-0.2, 0) is 13.2 Å². The fraction of sp³-hybridized carbons (Fsp3) is 0.182. The fourth-order valence-electron chi connectivity index (χ4n) is 1.38. The second-order valence-electron chi connectivity index (χ2n) is 3.32. The summed E-state index contributed by atoms with van der Waals surface area (Å²) in [4.78, 5) is 4.05. The number of aliphatic hydroxyl groups excluding tert-OH is 1. The Kier molecular flexibility index (Phi) is 3.18. The number of hydrogen-bond donors (Lipinski definition) is 1. The number of nitrogens with zero attached hydrogens (tertiary/aromatic N) is 2. The third kappa shape index (κ3) is 2.67. The van der Waals surface area contributed by atoms with E-state index in [2.05, 4.69) is 33.0 Å². The number of halogens is 1. The molecule has 78 valence electrons. The molecule has 0 saturated heterocycles. The van der Waals surface area contributed by atoms with Crippen LogP contribution in [0.15, 0.2) is 41.3 Å². The Morgan fingerprint density at radius 2 is 2.00 bits per heavy atom. The van der Waals surface area contributed by atoms with Crippen LogP contribution in [0, 0.1) is 0 Å². The van der Waals surface area contributed by atoms with Gasteiger partial charge in [-0.1, -0.05) is 28.1 Å². The molecule has 1 heterocycles.